The minimum Gasteiger partial charge on any atom is -0.410 e. The molecule has 1 aromatic carbocycles. The molecule has 0 aliphatic carbocycles. The highest BCUT2D eigenvalue weighted by atomic mass is 16.6. The number of carbonyl (C=O) groups is 1. The number of aliphatic hydroxyl groups excluding tert-OH is 3. The Balaban J connectivity index is 1.70. The molecule has 1 aromatic heterocycles. The lowest BCUT2D eigenvalue weighted by Crippen LogP contribution is -2.36. The van der Waals surface area contributed by atoms with Gasteiger partial charge in [-0.1, -0.05) is 18.2 Å². The SMILES string of the molecule is O=C(Nc1ccn([C@@H]2O[C@H](CO)[C@@H](O)[C@H]2O)c(=O)n1)Oc1ccccc1. The lowest BCUT2D eigenvalue weighted by molar-refractivity contribution is -0.0549. The third-order valence-electron chi connectivity index (χ3n) is 3.81. The molecular weight excluding hydrogens is 346 g/mol. The molecule has 138 valence electrons. The van der Waals surface area contributed by atoms with E-state index in [1.54, 1.807) is 30.3 Å². The first-order chi connectivity index (χ1) is 12.5. The third-order valence-corrected chi connectivity index (χ3v) is 3.81. The Morgan fingerprint density at radius 3 is 2.58 bits per heavy atom. The van der Waals surface area contributed by atoms with E-state index < -0.39 is 42.9 Å². The van der Waals surface area contributed by atoms with E-state index in [0.717, 1.165) is 4.57 Å². The molecule has 10 heteroatoms. The topological polar surface area (TPSA) is 143 Å². The summed E-state index contributed by atoms with van der Waals surface area (Å²) in [5.74, 6) is 0.267. The van der Waals surface area contributed by atoms with Gasteiger partial charge in [-0.2, -0.15) is 4.98 Å². The van der Waals surface area contributed by atoms with Crippen LogP contribution in [0.5, 0.6) is 5.75 Å². The van der Waals surface area contributed by atoms with E-state index in [1.807, 2.05) is 0 Å². The van der Waals surface area contributed by atoms with Gasteiger partial charge >= 0.3 is 11.8 Å². The standard InChI is InChI=1S/C16H17N3O7/c20-8-10-12(21)13(22)14(26-10)19-7-6-11(17-15(19)23)18-16(24)25-9-4-2-1-3-5-9/h1-7,10,12-14,20-22H,8H2,(H,17,18,23,24)/t10-,12-,13-,14-/m1/s1. The molecule has 1 aliphatic rings. The van der Waals surface area contributed by atoms with Gasteiger partial charge in [-0.15, -0.1) is 0 Å². The van der Waals surface area contributed by atoms with Crippen molar-refractivity contribution in [3.8, 4) is 5.75 Å². The number of rotatable bonds is 4. The van der Waals surface area contributed by atoms with Crippen molar-refractivity contribution in [2.24, 2.45) is 0 Å². The number of aromatic nitrogens is 2. The van der Waals surface area contributed by atoms with Crippen molar-refractivity contribution < 1.29 is 29.6 Å². The lowest BCUT2D eigenvalue weighted by Gasteiger charge is -2.17. The number of carbonyl (C=O) groups excluding carboxylic acids is 1. The fourth-order valence-electron chi connectivity index (χ4n) is 2.51. The number of amides is 1. The second-order valence-electron chi connectivity index (χ2n) is 5.56. The van der Waals surface area contributed by atoms with Gasteiger partial charge in [-0.25, -0.2) is 9.59 Å². The molecule has 3 rings (SSSR count). The largest absolute Gasteiger partial charge is 0.418 e. The molecule has 0 radical (unpaired) electrons. The molecule has 0 spiro atoms. The highest BCUT2D eigenvalue weighted by Gasteiger charge is 2.43. The van der Waals surface area contributed by atoms with E-state index in [2.05, 4.69) is 10.3 Å². The smallest absolute Gasteiger partial charge is 0.410 e. The Morgan fingerprint density at radius 2 is 1.96 bits per heavy atom. The molecule has 1 aliphatic heterocycles. The van der Waals surface area contributed by atoms with E-state index in [-0.39, 0.29) is 5.82 Å². The maximum absolute atomic E-state index is 12.1. The molecule has 2 aromatic rings. The number of anilines is 1. The number of aliphatic hydroxyl groups is 3. The molecule has 10 nitrogen and oxygen atoms in total. The zero-order valence-corrected chi connectivity index (χ0v) is 13.4. The van der Waals surface area contributed by atoms with E-state index in [4.69, 9.17) is 14.6 Å². The van der Waals surface area contributed by atoms with E-state index in [1.165, 1.54) is 12.3 Å². The van der Waals surface area contributed by atoms with Crippen LogP contribution in [0.15, 0.2) is 47.4 Å². The zero-order valence-electron chi connectivity index (χ0n) is 13.4. The molecule has 4 atom stereocenters. The Labute approximate surface area is 147 Å². The molecule has 26 heavy (non-hydrogen) atoms. The molecule has 0 bridgehead atoms. The number of nitrogens with one attached hydrogen (secondary N) is 1. The first kappa shape index (κ1) is 18.0. The fourth-order valence-corrected chi connectivity index (χ4v) is 2.51. The quantitative estimate of drug-likeness (QED) is 0.567. The summed E-state index contributed by atoms with van der Waals surface area (Å²) in [6.45, 7) is -0.512. The summed E-state index contributed by atoms with van der Waals surface area (Å²) in [7, 11) is 0. The molecule has 1 saturated heterocycles. The van der Waals surface area contributed by atoms with Gasteiger partial charge in [0.25, 0.3) is 0 Å². The van der Waals surface area contributed by atoms with Crippen LogP contribution in [0, 0.1) is 0 Å². The first-order valence-electron chi connectivity index (χ1n) is 7.75. The zero-order chi connectivity index (χ0) is 18.7. The second-order valence-corrected chi connectivity index (χ2v) is 5.56. The summed E-state index contributed by atoms with van der Waals surface area (Å²) in [5, 5.41) is 31.1. The van der Waals surface area contributed by atoms with E-state index in [9.17, 15) is 19.8 Å². The van der Waals surface area contributed by atoms with Gasteiger partial charge in [-0.3, -0.25) is 9.88 Å². The second kappa shape index (κ2) is 7.62. The van der Waals surface area contributed by atoms with Crippen LogP contribution < -0.4 is 15.7 Å². The monoisotopic (exact) mass is 363 g/mol. The predicted molar refractivity (Wildman–Crippen MR) is 87.6 cm³/mol. The predicted octanol–water partition coefficient (Wildman–Crippen LogP) is -0.534. The first-order valence-corrected chi connectivity index (χ1v) is 7.75. The van der Waals surface area contributed by atoms with Gasteiger partial charge in [0.15, 0.2) is 6.23 Å². The lowest BCUT2D eigenvalue weighted by atomic mass is 10.1. The molecule has 1 amide bonds. The summed E-state index contributed by atoms with van der Waals surface area (Å²) in [5.41, 5.74) is -0.822. The van der Waals surface area contributed by atoms with Gasteiger partial charge in [0.1, 0.15) is 29.9 Å². The number of hydrogen-bond acceptors (Lipinski definition) is 8. The van der Waals surface area contributed by atoms with Crippen molar-refractivity contribution in [2.45, 2.75) is 24.5 Å². The average Bonchev–Trinajstić information content (AvgIpc) is 2.91. The number of hydrogen-bond donors (Lipinski definition) is 4. The Kier molecular flexibility index (Phi) is 5.28. The minimum absolute atomic E-state index is 0.0566. The summed E-state index contributed by atoms with van der Waals surface area (Å²) in [4.78, 5) is 27.6. The highest BCUT2D eigenvalue weighted by Crippen LogP contribution is 2.28. The molecule has 2 heterocycles. The van der Waals surface area contributed by atoms with E-state index >= 15 is 0 Å². The molecule has 4 N–H and O–H groups in total. The summed E-state index contributed by atoms with van der Waals surface area (Å²) >= 11 is 0. The van der Waals surface area contributed by atoms with Gasteiger partial charge in [0.2, 0.25) is 0 Å². The summed E-state index contributed by atoms with van der Waals surface area (Å²) in [6, 6.07) is 9.65. The Bertz CT molecular complexity index is 826. The molecular formula is C16H17N3O7. The number of benzene rings is 1. The van der Waals surface area contributed by atoms with Gasteiger partial charge in [0.05, 0.1) is 6.61 Å². The molecule has 1 fully saturated rings. The van der Waals surface area contributed by atoms with Crippen LogP contribution in [0.25, 0.3) is 0 Å². The van der Waals surface area contributed by atoms with Crippen molar-refractivity contribution >= 4 is 11.9 Å². The molecule has 0 saturated carbocycles. The van der Waals surface area contributed by atoms with Crippen molar-refractivity contribution in [2.75, 3.05) is 11.9 Å². The van der Waals surface area contributed by atoms with Crippen molar-refractivity contribution in [3.63, 3.8) is 0 Å². The van der Waals surface area contributed by atoms with Crippen molar-refractivity contribution in [3.05, 3.63) is 53.1 Å². The van der Waals surface area contributed by atoms with Crippen LogP contribution in [0.3, 0.4) is 0 Å². The summed E-state index contributed by atoms with van der Waals surface area (Å²) in [6.07, 6.45) is -4.54. The van der Waals surface area contributed by atoms with Gasteiger partial charge in [-0.05, 0) is 18.2 Å². The van der Waals surface area contributed by atoms with Gasteiger partial charge < -0.3 is 24.8 Å². The van der Waals surface area contributed by atoms with Crippen LogP contribution >= 0.6 is 0 Å². The highest BCUT2D eigenvalue weighted by molar-refractivity contribution is 5.84. The summed E-state index contributed by atoms with van der Waals surface area (Å²) < 4.78 is 11.2. The van der Waals surface area contributed by atoms with Crippen LogP contribution in [0.1, 0.15) is 6.23 Å². The van der Waals surface area contributed by atoms with Crippen molar-refractivity contribution in [1.82, 2.24) is 9.55 Å². The maximum atomic E-state index is 12.1. The number of ether oxygens (including phenoxy) is 2. The van der Waals surface area contributed by atoms with Crippen LogP contribution in [0.4, 0.5) is 10.6 Å². The normalized spacial score (nSPS) is 25.0. The van der Waals surface area contributed by atoms with E-state index in [0.29, 0.717) is 5.75 Å². The van der Waals surface area contributed by atoms with Crippen LogP contribution in [0.2, 0.25) is 0 Å². The third kappa shape index (κ3) is 3.73. The fraction of sp³-hybridized carbons (Fsp3) is 0.312. The Morgan fingerprint density at radius 1 is 1.23 bits per heavy atom. The van der Waals surface area contributed by atoms with Gasteiger partial charge in [0, 0.05) is 6.20 Å². The van der Waals surface area contributed by atoms with Crippen LogP contribution in [-0.2, 0) is 4.74 Å². The average molecular weight is 363 g/mol. The maximum Gasteiger partial charge on any atom is 0.418 e. The van der Waals surface area contributed by atoms with Crippen molar-refractivity contribution in [1.29, 1.82) is 0 Å². The Hall–Kier alpha value is -2.79. The minimum atomic E-state index is -1.41. The molecule has 0 unspecified atom stereocenters. The van der Waals surface area contributed by atoms with Crippen LogP contribution in [-0.4, -0.2) is 55.9 Å². The number of para-hydroxylation sites is 1. The number of nitrogens with zero attached hydrogens (tertiary/aromatic N) is 2.